The maximum atomic E-state index is 12.8. The summed E-state index contributed by atoms with van der Waals surface area (Å²) in [6, 6.07) is 21.8. The van der Waals surface area contributed by atoms with Crippen LogP contribution < -0.4 is 0 Å². The van der Waals surface area contributed by atoms with Crippen molar-refractivity contribution >= 4 is 16.8 Å². The van der Waals surface area contributed by atoms with E-state index in [4.69, 9.17) is 4.52 Å². The van der Waals surface area contributed by atoms with Gasteiger partial charge in [-0.25, -0.2) is 0 Å². The molecule has 0 saturated carbocycles. The van der Waals surface area contributed by atoms with Crippen LogP contribution in [0.3, 0.4) is 0 Å². The van der Waals surface area contributed by atoms with Gasteiger partial charge in [-0.15, -0.1) is 0 Å². The fourth-order valence-corrected chi connectivity index (χ4v) is 3.53. The maximum Gasteiger partial charge on any atom is 0.276 e. The number of rotatable bonds is 7. The second-order valence-corrected chi connectivity index (χ2v) is 7.48. The monoisotopic (exact) mass is 400 g/mol. The van der Waals surface area contributed by atoms with Gasteiger partial charge in [0.25, 0.3) is 5.91 Å². The van der Waals surface area contributed by atoms with Gasteiger partial charge in [-0.1, -0.05) is 53.7 Å². The molecule has 0 aliphatic carbocycles. The van der Waals surface area contributed by atoms with Crippen molar-refractivity contribution in [3.63, 3.8) is 0 Å². The zero-order chi connectivity index (χ0) is 20.9. The molecule has 0 aliphatic rings. The summed E-state index contributed by atoms with van der Waals surface area (Å²) in [6.45, 7) is 1.84. The quantitative estimate of drug-likeness (QED) is 0.467. The molecule has 0 atom stereocenters. The van der Waals surface area contributed by atoms with E-state index in [-0.39, 0.29) is 5.91 Å². The number of benzene rings is 2. The standard InChI is InChI=1S/C24H24N4O2/c1-27(15-18-8-4-3-5-9-18)17-20-14-23(26-30-20)24(29)28(2)16-19-10-6-12-22-21(19)11-7-13-25-22/h3-14H,15-17H2,1-2H3. The van der Waals surface area contributed by atoms with E-state index in [0.29, 0.717) is 24.5 Å². The third kappa shape index (κ3) is 4.55. The van der Waals surface area contributed by atoms with E-state index >= 15 is 0 Å². The predicted octanol–water partition coefficient (Wildman–Crippen LogP) is 4.13. The highest BCUT2D eigenvalue weighted by atomic mass is 16.5. The van der Waals surface area contributed by atoms with E-state index in [1.54, 1.807) is 24.2 Å². The molecule has 0 radical (unpaired) electrons. The summed E-state index contributed by atoms with van der Waals surface area (Å²) in [5.74, 6) is 0.496. The summed E-state index contributed by atoms with van der Waals surface area (Å²) in [4.78, 5) is 21.0. The van der Waals surface area contributed by atoms with E-state index in [1.807, 2.05) is 55.6 Å². The van der Waals surface area contributed by atoms with Crippen molar-refractivity contribution in [2.24, 2.45) is 0 Å². The van der Waals surface area contributed by atoms with Gasteiger partial charge in [0.1, 0.15) is 0 Å². The summed E-state index contributed by atoms with van der Waals surface area (Å²) in [5, 5.41) is 5.04. The van der Waals surface area contributed by atoms with Crippen LogP contribution in [-0.4, -0.2) is 39.9 Å². The summed E-state index contributed by atoms with van der Waals surface area (Å²) >= 11 is 0. The van der Waals surface area contributed by atoms with Crippen molar-refractivity contribution < 1.29 is 9.32 Å². The molecular formula is C24H24N4O2. The first-order valence-corrected chi connectivity index (χ1v) is 9.86. The average molecular weight is 400 g/mol. The smallest absolute Gasteiger partial charge is 0.276 e. The predicted molar refractivity (Wildman–Crippen MR) is 116 cm³/mol. The highest BCUT2D eigenvalue weighted by molar-refractivity contribution is 5.92. The van der Waals surface area contributed by atoms with Crippen LogP contribution in [-0.2, 0) is 19.6 Å². The molecule has 6 nitrogen and oxygen atoms in total. The van der Waals surface area contributed by atoms with E-state index < -0.39 is 0 Å². The minimum atomic E-state index is -0.170. The van der Waals surface area contributed by atoms with Crippen LogP contribution in [0.2, 0.25) is 0 Å². The number of fused-ring (bicyclic) bond motifs is 1. The Balaban J connectivity index is 1.40. The van der Waals surface area contributed by atoms with Crippen LogP contribution >= 0.6 is 0 Å². The van der Waals surface area contributed by atoms with Gasteiger partial charge in [0, 0.05) is 37.8 Å². The number of pyridine rings is 1. The highest BCUT2D eigenvalue weighted by Crippen LogP contribution is 2.19. The number of amides is 1. The van der Waals surface area contributed by atoms with Crippen LogP contribution in [0.5, 0.6) is 0 Å². The third-order valence-corrected chi connectivity index (χ3v) is 4.99. The molecule has 0 saturated heterocycles. The van der Waals surface area contributed by atoms with Crippen molar-refractivity contribution in [1.82, 2.24) is 19.9 Å². The van der Waals surface area contributed by atoms with E-state index in [0.717, 1.165) is 23.0 Å². The Hall–Kier alpha value is -3.51. The number of carbonyl (C=O) groups excluding carboxylic acids is 1. The van der Waals surface area contributed by atoms with Gasteiger partial charge in [0.05, 0.1) is 12.1 Å². The van der Waals surface area contributed by atoms with Crippen molar-refractivity contribution in [1.29, 1.82) is 0 Å². The topological polar surface area (TPSA) is 62.5 Å². The molecule has 0 N–H and O–H groups in total. The number of aromatic nitrogens is 2. The molecule has 0 bridgehead atoms. The minimum Gasteiger partial charge on any atom is -0.359 e. The molecule has 0 aliphatic heterocycles. The minimum absolute atomic E-state index is 0.170. The van der Waals surface area contributed by atoms with Gasteiger partial charge >= 0.3 is 0 Å². The van der Waals surface area contributed by atoms with E-state index in [2.05, 4.69) is 27.2 Å². The van der Waals surface area contributed by atoms with Gasteiger partial charge in [-0.2, -0.15) is 0 Å². The Bertz CT molecular complexity index is 1130. The molecule has 0 unspecified atom stereocenters. The lowest BCUT2D eigenvalue weighted by Crippen LogP contribution is -2.26. The molecule has 4 rings (SSSR count). The fraction of sp³-hybridized carbons (Fsp3) is 0.208. The second kappa shape index (κ2) is 8.88. The molecular weight excluding hydrogens is 376 g/mol. The first-order chi connectivity index (χ1) is 14.6. The van der Waals surface area contributed by atoms with Gasteiger partial charge < -0.3 is 9.42 Å². The Kier molecular flexibility index (Phi) is 5.86. The lowest BCUT2D eigenvalue weighted by Gasteiger charge is -2.17. The van der Waals surface area contributed by atoms with Crippen molar-refractivity contribution in [2.45, 2.75) is 19.6 Å². The summed E-state index contributed by atoms with van der Waals surface area (Å²) in [6.07, 6.45) is 1.77. The normalized spacial score (nSPS) is 11.2. The Labute approximate surface area is 175 Å². The Morgan fingerprint density at radius 3 is 2.60 bits per heavy atom. The third-order valence-electron chi connectivity index (χ3n) is 4.99. The van der Waals surface area contributed by atoms with Crippen LogP contribution in [0, 0.1) is 0 Å². The molecule has 2 heterocycles. The Morgan fingerprint density at radius 2 is 1.77 bits per heavy atom. The van der Waals surface area contributed by atoms with Crippen LogP contribution in [0.15, 0.2) is 77.4 Å². The number of hydrogen-bond donors (Lipinski definition) is 0. The molecule has 2 aromatic heterocycles. The number of nitrogens with zero attached hydrogens (tertiary/aromatic N) is 4. The molecule has 0 spiro atoms. The average Bonchev–Trinajstić information content (AvgIpc) is 3.22. The molecule has 2 aromatic carbocycles. The molecule has 152 valence electrons. The van der Waals surface area contributed by atoms with Crippen molar-refractivity contribution in [3.8, 4) is 0 Å². The summed E-state index contributed by atoms with van der Waals surface area (Å²) in [7, 11) is 3.78. The summed E-state index contributed by atoms with van der Waals surface area (Å²) in [5.41, 5.74) is 3.50. The van der Waals surface area contributed by atoms with E-state index in [9.17, 15) is 4.79 Å². The first-order valence-electron chi connectivity index (χ1n) is 9.86. The van der Waals surface area contributed by atoms with Crippen molar-refractivity contribution in [3.05, 3.63) is 95.5 Å². The lowest BCUT2D eigenvalue weighted by molar-refractivity contribution is 0.0775. The maximum absolute atomic E-state index is 12.8. The first kappa shape index (κ1) is 19.8. The largest absolute Gasteiger partial charge is 0.359 e. The van der Waals surface area contributed by atoms with Crippen molar-refractivity contribution in [2.75, 3.05) is 14.1 Å². The SMILES string of the molecule is CN(Cc1ccccc1)Cc1cc(C(=O)N(C)Cc2cccc3ncccc23)no1. The molecule has 30 heavy (non-hydrogen) atoms. The van der Waals surface area contributed by atoms with Crippen LogP contribution in [0.25, 0.3) is 10.9 Å². The van der Waals surface area contributed by atoms with Crippen LogP contribution in [0.1, 0.15) is 27.4 Å². The zero-order valence-corrected chi connectivity index (χ0v) is 17.2. The number of carbonyl (C=O) groups is 1. The van der Waals surface area contributed by atoms with E-state index in [1.165, 1.54) is 5.56 Å². The van der Waals surface area contributed by atoms with Gasteiger partial charge in [-0.05, 0) is 30.3 Å². The van der Waals surface area contributed by atoms with Gasteiger partial charge in [-0.3, -0.25) is 14.7 Å². The highest BCUT2D eigenvalue weighted by Gasteiger charge is 2.18. The molecule has 6 heteroatoms. The number of hydrogen-bond acceptors (Lipinski definition) is 5. The van der Waals surface area contributed by atoms with Gasteiger partial charge in [0.15, 0.2) is 11.5 Å². The fourth-order valence-electron chi connectivity index (χ4n) is 3.53. The van der Waals surface area contributed by atoms with Gasteiger partial charge in [0.2, 0.25) is 0 Å². The summed E-state index contributed by atoms with van der Waals surface area (Å²) < 4.78 is 5.42. The zero-order valence-electron chi connectivity index (χ0n) is 17.2. The van der Waals surface area contributed by atoms with Crippen LogP contribution in [0.4, 0.5) is 0 Å². The second-order valence-electron chi connectivity index (χ2n) is 7.48. The molecule has 4 aromatic rings. The Morgan fingerprint density at radius 1 is 0.933 bits per heavy atom. The molecule has 1 amide bonds. The molecule has 0 fully saturated rings. The lowest BCUT2D eigenvalue weighted by atomic mass is 10.1.